The van der Waals surface area contributed by atoms with Crippen molar-refractivity contribution in [3.05, 3.63) is 48.5 Å². The number of carbonyl (C=O) groups is 2. The van der Waals surface area contributed by atoms with Crippen molar-refractivity contribution in [1.82, 2.24) is 19.9 Å². The number of hydrogen-bond acceptors (Lipinski definition) is 4. The number of hydrogen-bond donors (Lipinski definition) is 2. The highest BCUT2D eigenvalue weighted by Crippen LogP contribution is 2.42. The Morgan fingerprint density at radius 1 is 1.33 bits per heavy atom. The van der Waals surface area contributed by atoms with Crippen molar-refractivity contribution >= 4 is 17.5 Å². The summed E-state index contributed by atoms with van der Waals surface area (Å²) < 4.78 is 0. The Morgan fingerprint density at radius 3 is 2.83 bits per heavy atom. The fraction of sp³-hybridized carbons (Fsp3) is 0.353. The van der Waals surface area contributed by atoms with E-state index < -0.39 is 11.7 Å². The van der Waals surface area contributed by atoms with E-state index in [2.05, 4.69) is 15.4 Å². The molecule has 2 saturated heterocycles. The molecule has 2 amide bonds. The molecule has 2 aromatic rings. The molecule has 124 valence electrons. The molecule has 2 N–H and O–H groups in total. The average molecular weight is 325 g/mol. The van der Waals surface area contributed by atoms with Gasteiger partial charge in [-0.15, -0.1) is 0 Å². The van der Waals surface area contributed by atoms with Gasteiger partial charge in [-0.2, -0.15) is 0 Å². The van der Waals surface area contributed by atoms with Gasteiger partial charge in [0.2, 0.25) is 5.91 Å². The van der Waals surface area contributed by atoms with Crippen LogP contribution in [0.15, 0.2) is 42.9 Å². The second kappa shape index (κ2) is 5.36. The van der Waals surface area contributed by atoms with E-state index in [0.29, 0.717) is 19.3 Å². The lowest BCUT2D eigenvalue weighted by atomic mass is 10.1. The third-order valence-corrected chi connectivity index (χ3v) is 4.88. The number of fused-ring (bicyclic) bond motifs is 1. The summed E-state index contributed by atoms with van der Waals surface area (Å²) >= 11 is 0. The topological polar surface area (TPSA) is 81.3 Å². The highest BCUT2D eigenvalue weighted by Gasteiger charge is 2.59. The number of benzene rings is 1. The second-order valence-corrected chi connectivity index (χ2v) is 6.43. The molecule has 2 fully saturated rings. The fourth-order valence-corrected chi connectivity index (χ4v) is 3.68. The molecule has 0 radical (unpaired) electrons. The van der Waals surface area contributed by atoms with Crippen molar-refractivity contribution in [3.63, 3.8) is 0 Å². The lowest BCUT2D eigenvalue weighted by molar-refractivity contribution is -0.134. The summed E-state index contributed by atoms with van der Waals surface area (Å²) in [5.74, 6) is -0.0725. The number of carbonyl (C=O) groups excluding carboxylic acids is 2. The summed E-state index contributed by atoms with van der Waals surface area (Å²) in [6.45, 7) is 1.94. The van der Waals surface area contributed by atoms with E-state index in [-0.39, 0.29) is 11.8 Å². The molecule has 0 spiro atoms. The van der Waals surface area contributed by atoms with E-state index in [1.54, 1.807) is 22.4 Å². The van der Waals surface area contributed by atoms with Gasteiger partial charge < -0.3 is 9.88 Å². The van der Waals surface area contributed by atoms with Crippen LogP contribution in [0.1, 0.15) is 25.5 Å². The van der Waals surface area contributed by atoms with Gasteiger partial charge in [0.1, 0.15) is 11.7 Å². The molecule has 1 aromatic heterocycles. The van der Waals surface area contributed by atoms with Crippen molar-refractivity contribution < 1.29 is 9.59 Å². The number of hydrazine groups is 1. The molecule has 7 nitrogen and oxygen atoms in total. The number of nitrogens with zero attached hydrogens (tertiary/aromatic N) is 3. The number of anilines is 1. The predicted octanol–water partition coefficient (Wildman–Crippen LogP) is 1.53. The summed E-state index contributed by atoms with van der Waals surface area (Å²) in [7, 11) is 0. The Kier molecular flexibility index (Phi) is 3.30. The van der Waals surface area contributed by atoms with Crippen LogP contribution in [0.25, 0.3) is 0 Å². The van der Waals surface area contributed by atoms with Crippen LogP contribution in [-0.2, 0) is 16.0 Å². The molecule has 7 heteroatoms. The van der Waals surface area contributed by atoms with E-state index in [4.69, 9.17) is 0 Å². The quantitative estimate of drug-likeness (QED) is 0.893. The number of rotatable bonds is 4. The molecule has 0 saturated carbocycles. The van der Waals surface area contributed by atoms with E-state index in [9.17, 15) is 9.59 Å². The van der Waals surface area contributed by atoms with Crippen LogP contribution in [0.2, 0.25) is 0 Å². The molecule has 2 atom stereocenters. The van der Waals surface area contributed by atoms with Gasteiger partial charge in [-0.3, -0.25) is 15.0 Å². The lowest BCUT2D eigenvalue weighted by Gasteiger charge is -2.36. The zero-order valence-corrected chi connectivity index (χ0v) is 13.4. The minimum atomic E-state index is -0.644. The molecule has 0 bridgehead atoms. The molecule has 3 heterocycles. The molecular formula is C17H19N5O2. The number of imidazole rings is 1. The minimum Gasteiger partial charge on any atom is -0.348 e. The van der Waals surface area contributed by atoms with Gasteiger partial charge >= 0.3 is 0 Å². The largest absolute Gasteiger partial charge is 0.348 e. The van der Waals surface area contributed by atoms with Crippen LogP contribution in [0.4, 0.5) is 5.69 Å². The van der Waals surface area contributed by atoms with Gasteiger partial charge in [-0.05, 0) is 25.5 Å². The van der Waals surface area contributed by atoms with E-state index >= 15 is 0 Å². The van der Waals surface area contributed by atoms with Crippen LogP contribution < -0.4 is 5.43 Å². The van der Waals surface area contributed by atoms with Gasteiger partial charge in [-0.1, -0.05) is 18.2 Å². The van der Waals surface area contributed by atoms with Crippen molar-refractivity contribution in [1.29, 1.82) is 0 Å². The Balaban J connectivity index is 1.67. The lowest BCUT2D eigenvalue weighted by Crippen LogP contribution is -2.51. The Bertz CT molecular complexity index is 761. The van der Waals surface area contributed by atoms with Gasteiger partial charge in [0.15, 0.2) is 0 Å². The number of amides is 2. The molecule has 24 heavy (non-hydrogen) atoms. The molecule has 2 aliphatic rings. The number of aromatic amines is 1. The first-order valence-electron chi connectivity index (χ1n) is 8.05. The Hall–Kier alpha value is -2.83. The molecule has 2 aliphatic heterocycles. The normalized spacial score (nSPS) is 26.1. The summed E-state index contributed by atoms with van der Waals surface area (Å²) in [4.78, 5) is 34.2. The summed E-state index contributed by atoms with van der Waals surface area (Å²) in [6.07, 6.45) is 4.79. The molecule has 4 rings (SSSR count). The molecular weight excluding hydrogens is 306 g/mol. The average Bonchev–Trinajstić information content (AvgIpc) is 3.24. The maximum Gasteiger partial charge on any atom is 0.266 e. The first-order valence-corrected chi connectivity index (χ1v) is 8.05. The summed E-state index contributed by atoms with van der Waals surface area (Å²) in [6, 6.07) is 9.03. The van der Waals surface area contributed by atoms with E-state index in [1.807, 2.05) is 37.3 Å². The summed E-state index contributed by atoms with van der Waals surface area (Å²) in [5, 5.41) is 1.62. The van der Waals surface area contributed by atoms with Crippen molar-refractivity contribution in [3.8, 4) is 0 Å². The van der Waals surface area contributed by atoms with Crippen LogP contribution in [0.3, 0.4) is 0 Å². The predicted molar refractivity (Wildman–Crippen MR) is 87.5 cm³/mol. The summed E-state index contributed by atoms with van der Waals surface area (Å²) in [5.41, 5.74) is 4.22. The molecule has 1 aromatic carbocycles. The van der Waals surface area contributed by atoms with Crippen molar-refractivity contribution in [2.45, 2.75) is 37.9 Å². The first kappa shape index (κ1) is 14.7. The smallest absolute Gasteiger partial charge is 0.266 e. The van der Waals surface area contributed by atoms with Crippen LogP contribution in [0, 0.1) is 0 Å². The third-order valence-electron chi connectivity index (χ3n) is 4.88. The first-order chi connectivity index (χ1) is 11.6. The second-order valence-electron chi connectivity index (χ2n) is 6.43. The van der Waals surface area contributed by atoms with Gasteiger partial charge in [0.05, 0.1) is 12.0 Å². The van der Waals surface area contributed by atoms with E-state index in [0.717, 1.165) is 11.4 Å². The van der Waals surface area contributed by atoms with Crippen molar-refractivity contribution in [2.75, 3.05) is 5.43 Å². The maximum atomic E-state index is 13.0. The highest BCUT2D eigenvalue weighted by atomic mass is 16.2. The monoisotopic (exact) mass is 325 g/mol. The number of para-hydroxylation sites is 1. The number of aromatic nitrogens is 2. The molecule has 0 aliphatic carbocycles. The third kappa shape index (κ3) is 2.16. The number of H-pyrrole nitrogens is 1. The minimum absolute atomic E-state index is 0.0210. The van der Waals surface area contributed by atoms with Crippen molar-refractivity contribution in [2.24, 2.45) is 0 Å². The maximum absolute atomic E-state index is 13.0. The zero-order valence-electron chi connectivity index (χ0n) is 13.4. The standard InChI is InChI=1S/C17H19N5O2/c1-17-8-7-15(23)21(17)14(9-13-10-18-11-19-13)16(24)22(17)20-12-5-3-2-4-6-12/h2-6,10-11,14,20H,7-9H2,1H3,(H,18,19)/t14-,17+/m0/s1. The van der Waals surface area contributed by atoms with Gasteiger partial charge in [-0.25, -0.2) is 9.99 Å². The van der Waals surface area contributed by atoms with Gasteiger partial charge in [0, 0.05) is 24.7 Å². The Labute approximate surface area is 139 Å². The van der Waals surface area contributed by atoms with Crippen LogP contribution in [0.5, 0.6) is 0 Å². The zero-order chi connectivity index (χ0) is 16.7. The van der Waals surface area contributed by atoms with Crippen LogP contribution >= 0.6 is 0 Å². The van der Waals surface area contributed by atoms with Gasteiger partial charge in [0.25, 0.3) is 5.91 Å². The van der Waals surface area contributed by atoms with Crippen LogP contribution in [-0.4, -0.2) is 43.4 Å². The Morgan fingerprint density at radius 2 is 2.12 bits per heavy atom. The SMILES string of the molecule is C[C@@]12CCC(=O)N1[C@@H](Cc1cnc[nH]1)C(=O)N2Nc1ccccc1. The van der Waals surface area contributed by atoms with E-state index in [1.165, 1.54) is 0 Å². The molecule has 0 unspecified atom stereocenters. The fourth-order valence-electron chi connectivity index (χ4n) is 3.68. The highest BCUT2D eigenvalue weighted by molar-refractivity contribution is 5.94. The number of nitrogens with one attached hydrogen (secondary N) is 2.